The molecule has 124 valence electrons. The first-order valence-electron chi connectivity index (χ1n) is 6.90. The van der Waals surface area contributed by atoms with E-state index in [4.69, 9.17) is 4.74 Å². The van der Waals surface area contributed by atoms with Gasteiger partial charge in [-0.2, -0.15) is 0 Å². The molecule has 0 unspecified atom stereocenters. The molecule has 2 aromatic rings. The third kappa shape index (κ3) is 4.54. The van der Waals surface area contributed by atoms with Gasteiger partial charge in [0.05, 0.1) is 11.1 Å². The highest BCUT2D eigenvalue weighted by Crippen LogP contribution is 2.32. The molecule has 0 saturated carbocycles. The van der Waals surface area contributed by atoms with Crippen molar-refractivity contribution in [3.8, 4) is 11.5 Å². The Labute approximate surface area is 137 Å². The second-order valence-electron chi connectivity index (χ2n) is 4.71. The fourth-order valence-electron chi connectivity index (χ4n) is 1.89. The Morgan fingerprint density at radius 3 is 2.54 bits per heavy atom. The topological polar surface area (TPSA) is 103 Å². The number of hydrogen-bond acceptors (Lipinski definition) is 6. The van der Waals surface area contributed by atoms with Crippen molar-refractivity contribution in [3.63, 3.8) is 0 Å². The average molecular weight is 329 g/mol. The lowest BCUT2D eigenvalue weighted by Crippen LogP contribution is -2.05. The molecule has 8 heteroatoms. The quantitative estimate of drug-likeness (QED) is 0.497. The molecule has 0 heterocycles. The van der Waals surface area contributed by atoms with Gasteiger partial charge in [0.25, 0.3) is 0 Å². The van der Waals surface area contributed by atoms with E-state index in [9.17, 15) is 14.9 Å². The highest BCUT2D eigenvalue weighted by molar-refractivity contribution is 5.88. The summed E-state index contributed by atoms with van der Waals surface area (Å²) in [6.45, 7) is 1.40. The largest absolute Gasteiger partial charge is 0.450 e. The number of nitrogens with one attached hydrogen (secondary N) is 1. The van der Waals surface area contributed by atoms with Crippen LogP contribution in [-0.2, 0) is 9.63 Å². The van der Waals surface area contributed by atoms with Crippen molar-refractivity contribution < 1.29 is 19.3 Å². The van der Waals surface area contributed by atoms with E-state index < -0.39 is 4.92 Å². The number of anilines is 1. The number of carbonyl (C=O) groups is 1. The van der Waals surface area contributed by atoms with E-state index in [0.717, 1.165) is 0 Å². The van der Waals surface area contributed by atoms with E-state index >= 15 is 0 Å². The summed E-state index contributed by atoms with van der Waals surface area (Å²) in [7, 11) is 1.38. The van der Waals surface area contributed by atoms with Gasteiger partial charge in [0.15, 0.2) is 0 Å². The molecule has 0 radical (unpaired) electrons. The molecule has 0 aliphatic heterocycles. The number of nitro benzene ring substituents is 1. The first-order chi connectivity index (χ1) is 11.5. The summed E-state index contributed by atoms with van der Waals surface area (Å²) >= 11 is 0. The number of ether oxygens (including phenoxy) is 1. The van der Waals surface area contributed by atoms with Gasteiger partial charge in [-0.25, -0.2) is 0 Å². The van der Waals surface area contributed by atoms with Gasteiger partial charge in [0, 0.05) is 24.2 Å². The molecule has 0 aliphatic rings. The van der Waals surface area contributed by atoms with Crippen LogP contribution >= 0.6 is 0 Å². The molecule has 24 heavy (non-hydrogen) atoms. The Hall–Kier alpha value is -3.42. The van der Waals surface area contributed by atoms with Gasteiger partial charge in [-0.05, 0) is 36.4 Å². The van der Waals surface area contributed by atoms with Gasteiger partial charge in [0.2, 0.25) is 11.7 Å². The highest BCUT2D eigenvalue weighted by Gasteiger charge is 2.16. The van der Waals surface area contributed by atoms with E-state index in [1.807, 2.05) is 0 Å². The minimum absolute atomic E-state index is 0.0989. The average Bonchev–Trinajstić information content (AvgIpc) is 2.55. The molecule has 8 nitrogen and oxygen atoms in total. The van der Waals surface area contributed by atoms with Crippen LogP contribution in [0.4, 0.5) is 11.4 Å². The molecule has 1 N–H and O–H groups in total. The van der Waals surface area contributed by atoms with Crippen molar-refractivity contribution in [1.29, 1.82) is 0 Å². The van der Waals surface area contributed by atoms with Crippen LogP contribution in [0.3, 0.4) is 0 Å². The second kappa shape index (κ2) is 7.73. The number of amides is 1. The van der Waals surface area contributed by atoms with E-state index in [2.05, 4.69) is 15.3 Å². The number of rotatable bonds is 6. The Balaban J connectivity index is 2.23. The van der Waals surface area contributed by atoms with E-state index in [-0.39, 0.29) is 17.3 Å². The highest BCUT2D eigenvalue weighted by atomic mass is 16.6. The van der Waals surface area contributed by atoms with Crippen LogP contribution in [0.15, 0.2) is 47.6 Å². The van der Waals surface area contributed by atoms with Crippen molar-refractivity contribution in [2.75, 3.05) is 12.4 Å². The molecule has 0 aromatic heterocycles. The van der Waals surface area contributed by atoms with Gasteiger partial charge in [-0.1, -0.05) is 5.16 Å². The number of benzene rings is 2. The third-order valence-corrected chi connectivity index (χ3v) is 2.89. The Morgan fingerprint density at radius 1 is 1.25 bits per heavy atom. The van der Waals surface area contributed by atoms with Crippen molar-refractivity contribution >= 4 is 23.5 Å². The zero-order valence-corrected chi connectivity index (χ0v) is 13.1. The zero-order valence-electron chi connectivity index (χ0n) is 13.1. The van der Waals surface area contributed by atoms with Crippen LogP contribution in [-0.4, -0.2) is 24.2 Å². The summed E-state index contributed by atoms with van der Waals surface area (Å²) < 4.78 is 5.56. The minimum atomic E-state index is -0.537. The monoisotopic (exact) mass is 329 g/mol. The third-order valence-electron chi connectivity index (χ3n) is 2.89. The van der Waals surface area contributed by atoms with Gasteiger partial charge in [-0.3, -0.25) is 14.9 Å². The summed E-state index contributed by atoms with van der Waals surface area (Å²) in [5.74, 6) is 0.319. The van der Waals surface area contributed by atoms with E-state index in [1.165, 1.54) is 32.4 Å². The SMILES string of the molecule is CO/N=C/c1ccc(Oc2ccc(NC(C)=O)cc2)c([N+](=O)[O-])c1. The molecule has 0 saturated heterocycles. The lowest BCUT2D eigenvalue weighted by atomic mass is 10.2. The molecule has 0 spiro atoms. The summed E-state index contributed by atoms with van der Waals surface area (Å²) in [5, 5.41) is 17.4. The molecule has 0 atom stereocenters. The fourth-order valence-corrected chi connectivity index (χ4v) is 1.89. The van der Waals surface area contributed by atoms with Crippen LogP contribution in [0.1, 0.15) is 12.5 Å². The van der Waals surface area contributed by atoms with Crippen LogP contribution in [0, 0.1) is 10.1 Å². The van der Waals surface area contributed by atoms with Crippen molar-refractivity contribution in [2.45, 2.75) is 6.92 Å². The maximum absolute atomic E-state index is 11.2. The zero-order chi connectivity index (χ0) is 17.5. The summed E-state index contributed by atoms with van der Waals surface area (Å²) in [6.07, 6.45) is 1.36. The van der Waals surface area contributed by atoms with Crippen LogP contribution < -0.4 is 10.1 Å². The number of nitrogens with zero attached hydrogens (tertiary/aromatic N) is 2. The predicted octanol–water partition coefficient (Wildman–Crippen LogP) is 3.33. The molecular weight excluding hydrogens is 314 g/mol. The van der Waals surface area contributed by atoms with Gasteiger partial charge >= 0.3 is 5.69 Å². The molecule has 0 aliphatic carbocycles. The smallest absolute Gasteiger partial charge is 0.312 e. The van der Waals surface area contributed by atoms with Crippen LogP contribution in [0.2, 0.25) is 0 Å². The van der Waals surface area contributed by atoms with Crippen LogP contribution in [0.5, 0.6) is 11.5 Å². The Morgan fingerprint density at radius 2 is 1.96 bits per heavy atom. The normalized spacial score (nSPS) is 10.4. The minimum Gasteiger partial charge on any atom is -0.450 e. The van der Waals surface area contributed by atoms with Crippen molar-refractivity contribution in [2.24, 2.45) is 5.16 Å². The first-order valence-corrected chi connectivity index (χ1v) is 6.90. The first kappa shape index (κ1) is 16.9. The number of oxime groups is 1. The van der Waals surface area contributed by atoms with Crippen molar-refractivity contribution in [3.05, 3.63) is 58.1 Å². The van der Waals surface area contributed by atoms with Gasteiger partial charge in [-0.15, -0.1) is 0 Å². The lowest BCUT2D eigenvalue weighted by molar-refractivity contribution is -0.385. The maximum atomic E-state index is 11.2. The van der Waals surface area contributed by atoms with E-state index in [0.29, 0.717) is 17.0 Å². The number of carbonyl (C=O) groups excluding carboxylic acids is 1. The number of hydrogen-bond donors (Lipinski definition) is 1. The van der Waals surface area contributed by atoms with Gasteiger partial charge < -0.3 is 14.9 Å². The second-order valence-corrected chi connectivity index (χ2v) is 4.71. The van der Waals surface area contributed by atoms with Crippen LogP contribution in [0.25, 0.3) is 0 Å². The summed E-state index contributed by atoms with van der Waals surface area (Å²) in [5.41, 5.74) is 0.924. The molecule has 0 bridgehead atoms. The van der Waals surface area contributed by atoms with E-state index in [1.54, 1.807) is 30.3 Å². The number of nitro groups is 1. The van der Waals surface area contributed by atoms with Gasteiger partial charge in [0.1, 0.15) is 12.9 Å². The van der Waals surface area contributed by atoms with Crippen molar-refractivity contribution in [1.82, 2.24) is 0 Å². The Bertz CT molecular complexity index is 772. The molecule has 1 amide bonds. The molecule has 0 fully saturated rings. The Kier molecular flexibility index (Phi) is 5.45. The maximum Gasteiger partial charge on any atom is 0.312 e. The summed E-state index contributed by atoms with van der Waals surface area (Å²) in [6, 6.07) is 10.9. The molecule has 2 aromatic carbocycles. The fraction of sp³-hybridized carbons (Fsp3) is 0.125. The standard InChI is InChI=1S/C16H15N3O5/c1-11(20)18-13-4-6-14(7-5-13)24-16-8-3-12(10-17-23-2)9-15(16)19(21)22/h3-10H,1-2H3,(H,18,20)/b17-10+. The lowest BCUT2D eigenvalue weighted by Gasteiger charge is -2.08. The molecular formula is C16H15N3O5. The summed E-state index contributed by atoms with van der Waals surface area (Å²) in [4.78, 5) is 26.2. The predicted molar refractivity (Wildman–Crippen MR) is 88.5 cm³/mol. The molecule has 2 rings (SSSR count).